The Morgan fingerprint density at radius 2 is 1.74 bits per heavy atom. The average Bonchev–Trinajstić information content (AvgIpc) is 2.73. The van der Waals surface area contributed by atoms with Crippen LogP contribution in [0.2, 0.25) is 0 Å². The SMILES string of the molecule is CSC[C@H](C)NC(=O)c1c(I)cccc1C(=O)Nc1ccc(C(F)(C(F)F)C(F)(F)F)cc1F. The monoisotopic (exact) mass is 622 g/mol. The van der Waals surface area contributed by atoms with Gasteiger partial charge in [0.25, 0.3) is 23.9 Å². The van der Waals surface area contributed by atoms with Crippen LogP contribution in [-0.2, 0) is 5.67 Å². The summed E-state index contributed by atoms with van der Waals surface area (Å²) in [6, 6.07) is 4.87. The van der Waals surface area contributed by atoms with Crippen LogP contribution < -0.4 is 10.6 Å². The Hall–Kier alpha value is -2.03. The summed E-state index contributed by atoms with van der Waals surface area (Å²) in [6.45, 7) is 1.76. The van der Waals surface area contributed by atoms with Crippen molar-refractivity contribution in [2.45, 2.75) is 31.2 Å². The number of halogens is 8. The van der Waals surface area contributed by atoms with E-state index < -0.39 is 47.2 Å². The molecule has 0 aliphatic heterocycles. The molecule has 0 heterocycles. The standard InChI is InChI=1S/C21H18F7IN2O2S/c1-10(9-34-2)30-18(33)16-12(4-3-5-14(16)29)17(32)31-15-7-6-11(8-13(15)22)20(25,19(23)24)21(26,27)28/h3-8,10,19H,9H2,1-2H3,(H,30,33)(H,31,32)/t10-,20?/m0/s1. The van der Waals surface area contributed by atoms with E-state index in [0.29, 0.717) is 21.5 Å². The molecule has 0 aliphatic carbocycles. The van der Waals surface area contributed by atoms with Crippen molar-refractivity contribution in [1.82, 2.24) is 5.32 Å². The molecule has 186 valence electrons. The van der Waals surface area contributed by atoms with Crippen molar-refractivity contribution in [2.75, 3.05) is 17.3 Å². The van der Waals surface area contributed by atoms with Crippen LogP contribution in [0.4, 0.5) is 36.4 Å². The number of carbonyl (C=O) groups excluding carboxylic acids is 2. The Balaban J connectivity index is 2.37. The van der Waals surface area contributed by atoms with E-state index in [4.69, 9.17) is 0 Å². The van der Waals surface area contributed by atoms with E-state index in [1.54, 1.807) is 13.0 Å². The van der Waals surface area contributed by atoms with Gasteiger partial charge in [0.05, 0.1) is 16.8 Å². The molecule has 0 saturated heterocycles. The lowest BCUT2D eigenvalue weighted by Crippen LogP contribution is -2.44. The highest BCUT2D eigenvalue weighted by molar-refractivity contribution is 14.1. The minimum atomic E-state index is -6.01. The molecule has 0 aliphatic rings. The molecule has 2 atom stereocenters. The van der Waals surface area contributed by atoms with E-state index in [1.807, 2.05) is 28.8 Å². The van der Waals surface area contributed by atoms with E-state index in [2.05, 4.69) is 10.6 Å². The van der Waals surface area contributed by atoms with Crippen LogP contribution in [0.3, 0.4) is 0 Å². The molecule has 0 fully saturated rings. The van der Waals surface area contributed by atoms with Crippen molar-refractivity contribution >= 4 is 51.9 Å². The Morgan fingerprint density at radius 1 is 1.09 bits per heavy atom. The maximum atomic E-state index is 14.4. The van der Waals surface area contributed by atoms with Crippen molar-refractivity contribution in [3.05, 3.63) is 62.5 Å². The largest absolute Gasteiger partial charge is 0.432 e. The minimum Gasteiger partial charge on any atom is -0.349 e. The predicted octanol–water partition coefficient (Wildman–Crippen LogP) is 6.16. The second-order valence-corrected chi connectivity index (χ2v) is 9.22. The summed E-state index contributed by atoms with van der Waals surface area (Å²) >= 11 is 3.32. The molecule has 4 nitrogen and oxygen atoms in total. The van der Waals surface area contributed by atoms with Crippen molar-refractivity contribution in [1.29, 1.82) is 0 Å². The van der Waals surface area contributed by atoms with Crippen molar-refractivity contribution in [3.63, 3.8) is 0 Å². The smallest absolute Gasteiger partial charge is 0.349 e. The lowest BCUT2D eigenvalue weighted by atomic mass is 9.95. The van der Waals surface area contributed by atoms with E-state index in [1.165, 1.54) is 23.9 Å². The second-order valence-electron chi connectivity index (χ2n) is 7.15. The third-order valence-corrected chi connectivity index (χ3v) is 6.36. The maximum Gasteiger partial charge on any atom is 0.432 e. The zero-order valence-corrected chi connectivity index (χ0v) is 20.5. The molecule has 34 heavy (non-hydrogen) atoms. The molecule has 2 aromatic rings. The third-order valence-electron chi connectivity index (χ3n) is 4.63. The molecule has 1 unspecified atom stereocenters. The number of hydrogen-bond donors (Lipinski definition) is 2. The number of alkyl halides is 6. The van der Waals surface area contributed by atoms with Gasteiger partial charge in [0, 0.05) is 20.9 Å². The molecule has 2 aromatic carbocycles. The van der Waals surface area contributed by atoms with Crippen molar-refractivity contribution < 1.29 is 40.3 Å². The van der Waals surface area contributed by atoms with Gasteiger partial charge in [-0.3, -0.25) is 9.59 Å². The van der Waals surface area contributed by atoms with Gasteiger partial charge in [-0.1, -0.05) is 12.1 Å². The van der Waals surface area contributed by atoms with Gasteiger partial charge in [0.15, 0.2) is 0 Å². The number of carbonyl (C=O) groups is 2. The minimum absolute atomic E-state index is 0.0110. The fourth-order valence-corrected chi connectivity index (χ4v) is 4.30. The first-order valence-corrected chi connectivity index (χ1v) is 11.9. The lowest BCUT2D eigenvalue weighted by molar-refractivity contribution is -0.274. The summed E-state index contributed by atoms with van der Waals surface area (Å²) in [5, 5.41) is 4.80. The number of thioether (sulfide) groups is 1. The van der Waals surface area contributed by atoms with Gasteiger partial charge in [0.1, 0.15) is 5.82 Å². The highest BCUT2D eigenvalue weighted by Crippen LogP contribution is 2.47. The first-order valence-electron chi connectivity index (χ1n) is 9.47. The van der Waals surface area contributed by atoms with Gasteiger partial charge in [-0.2, -0.15) is 24.9 Å². The van der Waals surface area contributed by atoms with Crippen LogP contribution in [0.1, 0.15) is 33.2 Å². The molecule has 0 aromatic heterocycles. The summed E-state index contributed by atoms with van der Waals surface area (Å²) in [5.74, 6) is -2.52. The number of nitrogens with one attached hydrogen (secondary N) is 2. The van der Waals surface area contributed by atoms with Crippen molar-refractivity contribution in [3.8, 4) is 0 Å². The lowest BCUT2D eigenvalue weighted by Gasteiger charge is -2.27. The molecule has 0 radical (unpaired) electrons. The van der Waals surface area contributed by atoms with E-state index >= 15 is 0 Å². The number of hydrogen-bond acceptors (Lipinski definition) is 3. The van der Waals surface area contributed by atoms with Gasteiger partial charge >= 0.3 is 6.18 Å². The quantitative estimate of drug-likeness (QED) is 0.274. The first kappa shape index (κ1) is 28.2. The highest BCUT2D eigenvalue weighted by Gasteiger charge is 2.64. The van der Waals surface area contributed by atoms with Crippen LogP contribution in [0.5, 0.6) is 0 Å². The van der Waals surface area contributed by atoms with Crippen LogP contribution in [0.15, 0.2) is 36.4 Å². The summed E-state index contributed by atoms with van der Waals surface area (Å²) in [7, 11) is 0. The van der Waals surface area contributed by atoms with Crippen molar-refractivity contribution in [2.24, 2.45) is 0 Å². The van der Waals surface area contributed by atoms with Crippen LogP contribution in [-0.4, -0.2) is 42.5 Å². The highest BCUT2D eigenvalue weighted by atomic mass is 127. The van der Waals surface area contributed by atoms with E-state index in [0.717, 1.165) is 0 Å². The number of rotatable bonds is 8. The first-order chi connectivity index (χ1) is 15.7. The fourth-order valence-electron chi connectivity index (χ4n) is 2.98. The van der Waals surface area contributed by atoms with Gasteiger partial charge in [0.2, 0.25) is 0 Å². The van der Waals surface area contributed by atoms with E-state index in [9.17, 15) is 40.3 Å². The molecule has 2 amide bonds. The summed E-state index contributed by atoms with van der Waals surface area (Å²) < 4.78 is 93.5. The molecular weight excluding hydrogens is 604 g/mol. The van der Waals surface area contributed by atoms with Crippen LogP contribution in [0, 0.1) is 9.39 Å². The summed E-state index contributed by atoms with van der Waals surface area (Å²) in [4.78, 5) is 25.5. The normalized spacial score (nSPS) is 14.4. The molecule has 0 spiro atoms. The zero-order valence-electron chi connectivity index (χ0n) is 17.6. The Morgan fingerprint density at radius 3 is 2.26 bits per heavy atom. The number of anilines is 1. The second kappa shape index (κ2) is 11.1. The third kappa shape index (κ3) is 5.96. The molecule has 2 N–H and O–H groups in total. The Labute approximate surface area is 208 Å². The van der Waals surface area contributed by atoms with Gasteiger partial charge < -0.3 is 10.6 Å². The van der Waals surface area contributed by atoms with Crippen LogP contribution >= 0.6 is 34.4 Å². The van der Waals surface area contributed by atoms with Crippen LogP contribution in [0.25, 0.3) is 0 Å². The molecule has 0 saturated carbocycles. The average molecular weight is 622 g/mol. The van der Waals surface area contributed by atoms with Gasteiger partial charge in [-0.15, -0.1) is 0 Å². The summed E-state index contributed by atoms with van der Waals surface area (Å²) in [5.41, 5.74) is -7.60. The number of benzene rings is 2. The Bertz CT molecular complexity index is 1070. The predicted molar refractivity (Wildman–Crippen MR) is 124 cm³/mol. The fraction of sp³-hybridized carbons (Fsp3) is 0.333. The topological polar surface area (TPSA) is 58.2 Å². The molecule has 2 rings (SSSR count). The summed E-state index contributed by atoms with van der Waals surface area (Å²) in [6.07, 6.45) is -8.67. The Kier molecular flexibility index (Phi) is 9.24. The molecule has 0 bridgehead atoms. The van der Waals surface area contributed by atoms with Gasteiger partial charge in [-0.05, 0) is 60.0 Å². The maximum absolute atomic E-state index is 14.4. The van der Waals surface area contributed by atoms with Gasteiger partial charge in [-0.25, -0.2) is 17.6 Å². The molecular formula is C21H18F7IN2O2S. The number of amides is 2. The van der Waals surface area contributed by atoms with E-state index in [-0.39, 0.29) is 23.2 Å². The zero-order chi connectivity index (χ0) is 25.8. The molecule has 13 heteroatoms.